The first-order valence-electron chi connectivity index (χ1n) is 7.22. The molecule has 0 aliphatic rings. The molecule has 3 aromatic rings. The predicted molar refractivity (Wildman–Crippen MR) is 92.3 cm³/mol. The Balaban J connectivity index is 1.54. The van der Waals surface area contributed by atoms with Crippen LogP contribution in [0, 0.1) is 20.8 Å². The molecule has 0 saturated carbocycles. The van der Waals surface area contributed by atoms with Crippen molar-refractivity contribution >= 4 is 23.1 Å². The Kier molecular flexibility index (Phi) is 4.97. The summed E-state index contributed by atoms with van der Waals surface area (Å²) in [5, 5.41) is 9.73. The van der Waals surface area contributed by atoms with E-state index >= 15 is 0 Å². The standard InChI is InChI=1S/C16H17N3O2S2/c1-10-6-4-5-7-13(10)20-8-9-22-16-19-18-15(21-16)14-11(2)17-12(3)23-14/h4-7H,8-9H2,1-3H3. The van der Waals surface area contributed by atoms with Gasteiger partial charge in [0, 0.05) is 5.75 Å². The third kappa shape index (κ3) is 3.92. The van der Waals surface area contributed by atoms with E-state index in [9.17, 15) is 0 Å². The van der Waals surface area contributed by atoms with Gasteiger partial charge in [0.05, 0.1) is 17.3 Å². The molecular weight excluding hydrogens is 330 g/mol. The second-order valence-electron chi connectivity index (χ2n) is 4.98. The van der Waals surface area contributed by atoms with Crippen molar-refractivity contribution in [3.05, 3.63) is 40.5 Å². The SMILES string of the molecule is Cc1nc(C)c(-c2nnc(SCCOc3ccccc3C)o2)s1. The number of ether oxygens (including phenoxy) is 1. The average Bonchev–Trinajstić information content (AvgIpc) is 3.11. The summed E-state index contributed by atoms with van der Waals surface area (Å²) in [6, 6.07) is 7.98. The van der Waals surface area contributed by atoms with Gasteiger partial charge in [-0.05, 0) is 32.4 Å². The van der Waals surface area contributed by atoms with E-state index in [2.05, 4.69) is 15.2 Å². The van der Waals surface area contributed by atoms with Crippen molar-refractivity contribution in [2.75, 3.05) is 12.4 Å². The number of thiazole rings is 1. The summed E-state index contributed by atoms with van der Waals surface area (Å²) >= 11 is 3.06. The van der Waals surface area contributed by atoms with Crippen LogP contribution in [0.15, 0.2) is 33.9 Å². The first kappa shape index (κ1) is 16.0. The summed E-state index contributed by atoms with van der Waals surface area (Å²) in [6.07, 6.45) is 0. The molecule has 0 atom stereocenters. The number of hydrogen-bond acceptors (Lipinski definition) is 7. The Bertz CT molecular complexity index is 798. The van der Waals surface area contributed by atoms with Gasteiger partial charge in [0.15, 0.2) is 0 Å². The summed E-state index contributed by atoms with van der Waals surface area (Å²) in [5.41, 5.74) is 2.06. The van der Waals surface area contributed by atoms with Crippen molar-refractivity contribution in [1.29, 1.82) is 0 Å². The zero-order valence-corrected chi connectivity index (χ0v) is 14.8. The first-order chi connectivity index (χ1) is 11.1. The second-order valence-corrected chi connectivity index (χ2v) is 7.23. The van der Waals surface area contributed by atoms with Gasteiger partial charge >= 0.3 is 0 Å². The van der Waals surface area contributed by atoms with Crippen molar-refractivity contribution in [2.45, 2.75) is 26.0 Å². The van der Waals surface area contributed by atoms with Gasteiger partial charge in [0.25, 0.3) is 11.1 Å². The number of benzene rings is 1. The molecule has 5 nitrogen and oxygen atoms in total. The Morgan fingerprint density at radius 3 is 2.74 bits per heavy atom. The Labute approximate surface area is 143 Å². The van der Waals surface area contributed by atoms with E-state index in [0.717, 1.165) is 32.6 Å². The fraction of sp³-hybridized carbons (Fsp3) is 0.312. The van der Waals surface area contributed by atoms with Gasteiger partial charge in [-0.1, -0.05) is 30.0 Å². The molecule has 3 rings (SSSR count). The van der Waals surface area contributed by atoms with Crippen LogP contribution >= 0.6 is 23.1 Å². The molecule has 0 spiro atoms. The zero-order chi connectivity index (χ0) is 16.2. The molecule has 2 aromatic heterocycles. The molecule has 0 unspecified atom stereocenters. The van der Waals surface area contributed by atoms with Crippen LogP contribution in [0.4, 0.5) is 0 Å². The van der Waals surface area contributed by atoms with Crippen LogP contribution in [0.25, 0.3) is 10.8 Å². The third-order valence-corrected chi connectivity index (χ3v) is 5.01. The van der Waals surface area contributed by atoms with Crippen LogP contribution < -0.4 is 4.74 Å². The highest BCUT2D eigenvalue weighted by atomic mass is 32.2. The monoisotopic (exact) mass is 347 g/mol. The third-order valence-electron chi connectivity index (χ3n) is 3.16. The van der Waals surface area contributed by atoms with Gasteiger partial charge in [-0.2, -0.15) is 0 Å². The maximum atomic E-state index is 5.75. The minimum atomic E-state index is 0.537. The highest BCUT2D eigenvalue weighted by Gasteiger charge is 2.15. The summed E-state index contributed by atoms with van der Waals surface area (Å²) in [7, 11) is 0. The number of thioether (sulfide) groups is 1. The predicted octanol–water partition coefficient (Wildman–Crippen LogP) is 4.29. The summed E-state index contributed by atoms with van der Waals surface area (Å²) in [6.45, 7) is 6.54. The van der Waals surface area contributed by atoms with Crippen molar-refractivity contribution in [3.8, 4) is 16.5 Å². The fourth-order valence-electron chi connectivity index (χ4n) is 2.09. The first-order valence-corrected chi connectivity index (χ1v) is 9.03. The summed E-state index contributed by atoms with van der Waals surface area (Å²) in [4.78, 5) is 5.32. The summed E-state index contributed by atoms with van der Waals surface area (Å²) < 4.78 is 11.4. The van der Waals surface area contributed by atoms with Crippen molar-refractivity contribution in [2.24, 2.45) is 0 Å². The van der Waals surface area contributed by atoms with Gasteiger partial charge in [0.1, 0.15) is 10.6 Å². The molecule has 23 heavy (non-hydrogen) atoms. The number of hydrogen-bond donors (Lipinski definition) is 0. The molecule has 0 aliphatic heterocycles. The van der Waals surface area contributed by atoms with Gasteiger partial charge in [-0.3, -0.25) is 0 Å². The maximum Gasteiger partial charge on any atom is 0.277 e. The molecule has 0 N–H and O–H groups in total. The topological polar surface area (TPSA) is 61.0 Å². The average molecular weight is 347 g/mol. The normalized spacial score (nSPS) is 10.9. The van der Waals surface area contributed by atoms with E-state index < -0.39 is 0 Å². The van der Waals surface area contributed by atoms with E-state index in [4.69, 9.17) is 9.15 Å². The van der Waals surface area contributed by atoms with Crippen LogP contribution in [0.2, 0.25) is 0 Å². The highest BCUT2D eigenvalue weighted by molar-refractivity contribution is 7.99. The highest BCUT2D eigenvalue weighted by Crippen LogP contribution is 2.30. The van der Waals surface area contributed by atoms with Gasteiger partial charge < -0.3 is 9.15 Å². The van der Waals surface area contributed by atoms with E-state index in [-0.39, 0.29) is 0 Å². The lowest BCUT2D eigenvalue weighted by Gasteiger charge is -2.07. The lowest BCUT2D eigenvalue weighted by molar-refractivity contribution is 0.341. The van der Waals surface area contributed by atoms with Crippen LogP contribution in [-0.2, 0) is 0 Å². The smallest absolute Gasteiger partial charge is 0.277 e. The number of rotatable bonds is 6. The maximum absolute atomic E-state index is 5.75. The Hall–Kier alpha value is -1.86. The molecule has 0 amide bonds. The second kappa shape index (κ2) is 7.14. The molecule has 0 saturated heterocycles. The molecule has 0 fully saturated rings. The Morgan fingerprint density at radius 2 is 2.00 bits per heavy atom. The van der Waals surface area contributed by atoms with E-state index in [1.807, 2.05) is 45.0 Å². The van der Waals surface area contributed by atoms with Crippen molar-refractivity contribution in [3.63, 3.8) is 0 Å². The minimum Gasteiger partial charge on any atom is -0.492 e. The van der Waals surface area contributed by atoms with Gasteiger partial charge in [-0.15, -0.1) is 21.5 Å². The largest absolute Gasteiger partial charge is 0.492 e. The number of aromatic nitrogens is 3. The van der Waals surface area contributed by atoms with E-state index in [0.29, 0.717) is 17.7 Å². The molecule has 0 radical (unpaired) electrons. The molecular formula is C16H17N3O2S2. The Morgan fingerprint density at radius 1 is 1.17 bits per heavy atom. The number of para-hydroxylation sites is 1. The zero-order valence-electron chi connectivity index (χ0n) is 13.2. The van der Waals surface area contributed by atoms with Crippen LogP contribution in [0.1, 0.15) is 16.3 Å². The molecule has 7 heteroatoms. The van der Waals surface area contributed by atoms with E-state index in [1.165, 1.54) is 11.8 Å². The lowest BCUT2D eigenvalue weighted by atomic mass is 10.2. The van der Waals surface area contributed by atoms with E-state index in [1.54, 1.807) is 11.3 Å². The van der Waals surface area contributed by atoms with Crippen LogP contribution in [-0.4, -0.2) is 27.5 Å². The van der Waals surface area contributed by atoms with Gasteiger partial charge in [0.2, 0.25) is 0 Å². The number of nitrogens with zero attached hydrogens (tertiary/aromatic N) is 3. The lowest BCUT2D eigenvalue weighted by Crippen LogP contribution is -2.01. The minimum absolute atomic E-state index is 0.537. The quantitative estimate of drug-likeness (QED) is 0.490. The molecule has 2 heterocycles. The molecule has 1 aromatic carbocycles. The molecule has 0 aliphatic carbocycles. The van der Waals surface area contributed by atoms with Crippen molar-refractivity contribution in [1.82, 2.24) is 15.2 Å². The number of aryl methyl sites for hydroxylation is 3. The fourth-order valence-corrected chi connectivity index (χ4v) is 3.51. The van der Waals surface area contributed by atoms with Crippen LogP contribution in [0.5, 0.6) is 5.75 Å². The van der Waals surface area contributed by atoms with Crippen LogP contribution in [0.3, 0.4) is 0 Å². The molecule has 120 valence electrons. The molecule has 0 bridgehead atoms. The van der Waals surface area contributed by atoms with Gasteiger partial charge in [-0.25, -0.2) is 4.98 Å². The van der Waals surface area contributed by atoms with Crippen molar-refractivity contribution < 1.29 is 9.15 Å². The summed E-state index contributed by atoms with van der Waals surface area (Å²) in [5.74, 6) is 2.20.